The van der Waals surface area contributed by atoms with Gasteiger partial charge in [0, 0.05) is 50.2 Å². The highest BCUT2D eigenvalue weighted by Gasteiger charge is 2.20. The number of pyridine rings is 1. The van der Waals surface area contributed by atoms with E-state index < -0.39 is 0 Å². The molecule has 1 aliphatic heterocycles. The van der Waals surface area contributed by atoms with Crippen molar-refractivity contribution < 1.29 is 4.79 Å². The summed E-state index contributed by atoms with van der Waals surface area (Å²) in [6.45, 7) is 13.1. The van der Waals surface area contributed by atoms with Gasteiger partial charge in [0.05, 0.1) is 0 Å². The number of anilines is 2. The lowest BCUT2D eigenvalue weighted by Gasteiger charge is -2.37. The molecule has 1 amide bonds. The lowest BCUT2D eigenvalue weighted by molar-refractivity contribution is 0.0952. The summed E-state index contributed by atoms with van der Waals surface area (Å²) < 4.78 is 0. The Labute approximate surface area is 168 Å². The second-order valence-electron chi connectivity index (χ2n) is 8.03. The van der Waals surface area contributed by atoms with Crippen molar-refractivity contribution in [3.63, 3.8) is 0 Å². The maximum absolute atomic E-state index is 12.4. The largest absolute Gasteiger partial charge is 0.368 e. The third-order valence-corrected chi connectivity index (χ3v) is 5.54. The second kappa shape index (κ2) is 9.09. The highest BCUT2D eigenvalue weighted by Crippen LogP contribution is 2.25. The summed E-state index contributed by atoms with van der Waals surface area (Å²) in [5.74, 6) is 1.46. The van der Waals surface area contributed by atoms with E-state index in [1.165, 1.54) is 16.8 Å². The molecule has 0 saturated carbocycles. The van der Waals surface area contributed by atoms with E-state index in [1.807, 2.05) is 6.07 Å². The average molecular weight is 381 g/mol. The van der Waals surface area contributed by atoms with E-state index in [0.29, 0.717) is 18.0 Å². The number of aromatic nitrogens is 1. The molecule has 1 N–H and O–H groups in total. The summed E-state index contributed by atoms with van der Waals surface area (Å²) in [6, 6.07) is 10.2. The molecular weight excluding hydrogens is 348 g/mol. The predicted octanol–water partition coefficient (Wildman–Crippen LogP) is 3.80. The molecule has 3 rings (SSSR count). The highest BCUT2D eigenvalue weighted by atomic mass is 16.1. The molecule has 1 aromatic heterocycles. The van der Waals surface area contributed by atoms with Crippen molar-refractivity contribution in [3.05, 3.63) is 53.2 Å². The molecule has 0 aliphatic carbocycles. The molecule has 0 radical (unpaired) electrons. The molecule has 2 heterocycles. The van der Waals surface area contributed by atoms with Gasteiger partial charge in [0.15, 0.2) is 0 Å². The lowest BCUT2D eigenvalue weighted by Crippen LogP contribution is -2.47. The number of hydrogen-bond donors (Lipinski definition) is 1. The minimum Gasteiger partial charge on any atom is -0.368 e. The van der Waals surface area contributed by atoms with Crippen LogP contribution < -0.4 is 15.1 Å². The van der Waals surface area contributed by atoms with Crippen molar-refractivity contribution in [2.24, 2.45) is 5.92 Å². The van der Waals surface area contributed by atoms with Crippen molar-refractivity contribution in [2.45, 2.75) is 34.1 Å². The van der Waals surface area contributed by atoms with Gasteiger partial charge >= 0.3 is 0 Å². The highest BCUT2D eigenvalue weighted by molar-refractivity contribution is 5.94. The second-order valence-corrected chi connectivity index (χ2v) is 8.03. The SMILES string of the molecule is Cc1cccc(N2CCN(c3cc(C(=O)NCCC(C)C)ccn3)CC2)c1C. The molecule has 1 aromatic carbocycles. The van der Waals surface area contributed by atoms with Crippen molar-refractivity contribution in [1.29, 1.82) is 0 Å². The Balaban J connectivity index is 1.61. The summed E-state index contributed by atoms with van der Waals surface area (Å²) in [5, 5.41) is 3.01. The van der Waals surface area contributed by atoms with Gasteiger partial charge < -0.3 is 15.1 Å². The number of nitrogens with one attached hydrogen (secondary N) is 1. The molecule has 2 aromatic rings. The van der Waals surface area contributed by atoms with Crippen LogP contribution in [0, 0.1) is 19.8 Å². The molecule has 1 aliphatic rings. The van der Waals surface area contributed by atoms with E-state index in [2.05, 4.69) is 66.0 Å². The van der Waals surface area contributed by atoms with Crippen LogP contribution in [-0.2, 0) is 0 Å². The fourth-order valence-corrected chi connectivity index (χ4v) is 3.56. The monoisotopic (exact) mass is 380 g/mol. The average Bonchev–Trinajstić information content (AvgIpc) is 2.70. The van der Waals surface area contributed by atoms with Gasteiger partial charge in [0.2, 0.25) is 0 Å². The number of carbonyl (C=O) groups is 1. The standard InChI is InChI=1S/C23H32N4O/c1-17(2)8-10-25-23(28)20-9-11-24-22(16-20)27-14-12-26(13-15-27)21-7-5-6-18(3)19(21)4/h5-7,9,11,16-17H,8,10,12-15H2,1-4H3,(H,25,28). The van der Waals surface area contributed by atoms with Crippen LogP contribution in [0.1, 0.15) is 41.8 Å². The van der Waals surface area contributed by atoms with Gasteiger partial charge in [-0.3, -0.25) is 4.79 Å². The van der Waals surface area contributed by atoms with Crippen LogP contribution in [0.2, 0.25) is 0 Å². The number of amides is 1. The first kappa shape index (κ1) is 20.2. The Morgan fingerprint density at radius 1 is 1.11 bits per heavy atom. The molecule has 1 fully saturated rings. The van der Waals surface area contributed by atoms with E-state index in [9.17, 15) is 4.79 Å². The molecule has 1 saturated heterocycles. The van der Waals surface area contributed by atoms with Crippen LogP contribution in [0.5, 0.6) is 0 Å². The fourth-order valence-electron chi connectivity index (χ4n) is 3.56. The van der Waals surface area contributed by atoms with Gasteiger partial charge in [0.25, 0.3) is 5.91 Å². The predicted molar refractivity (Wildman–Crippen MR) is 116 cm³/mol. The molecule has 150 valence electrons. The Hall–Kier alpha value is -2.56. The van der Waals surface area contributed by atoms with Crippen LogP contribution in [0.4, 0.5) is 11.5 Å². The summed E-state index contributed by atoms with van der Waals surface area (Å²) in [4.78, 5) is 21.6. The van der Waals surface area contributed by atoms with E-state index in [4.69, 9.17) is 0 Å². The zero-order valence-electron chi connectivity index (χ0n) is 17.5. The van der Waals surface area contributed by atoms with Gasteiger partial charge in [-0.05, 0) is 55.5 Å². The van der Waals surface area contributed by atoms with E-state index >= 15 is 0 Å². The third-order valence-electron chi connectivity index (χ3n) is 5.54. The number of aryl methyl sites for hydroxylation is 1. The van der Waals surface area contributed by atoms with Gasteiger partial charge in [0.1, 0.15) is 5.82 Å². The topological polar surface area (TPSA) is 48.5 Å². The quantitative estimate of drug-likeness (QED) is 0.828. The maximum Gasteiger partial charge on any atom is 0.251 e. The zero-order chi connectivity index (χ0) is 20.1. The molecule has 28 heavy (non-hydrogen) atoms. The molecule has 5 nitrogen and oxygen atoms in total. The van der Waals surface area contributed by atoms with Crippen molar-refractivity contribution in [1.82, 2.24) is 10.3 Å². The summed E-state index contributed by atoms with van der Waals surface area (Å²) in [6.07, 6.45) is 2.73. The van der Waals surface area contributed by atoms with E-state index in [1.54, 1.807) is 12.3 Å². The first-order valence-electron chi connectivity index (χ1n) is 10.3. The number of nitrogens with zero attached hydrogens (tertiary/aromatic N) is 3. The Morgan fingerprint density at radius 2 is 1.82 bits per heavy atom. The summed E-state index contributed by atoms with van der Waals surface area (Å²) in [7, 11) is 0. The van der Waals surface area contributed by atoms with E-state index in [0.717, 1.165) is 38.4 Å². The third kappa shape index (κ3) is 4.83. The lowest BCUT2D eigenvalue weighted by atomic mass is 10.1. The normalized spacial score (nSPS) is 14.5. The van der Waals surface area contributed by atoms with E-state index in [-0.39, 0.29) is 5.91 Å². The van der Waals surface area contributed by atoms with Crippen molar-refractivity contribution >= 4 is 17.4 Å². The first-order valence-corrected chi connectivity index (χ1v) is 10.3. The number of hydrogen-bond acceptors (Lipinski definition) is 4. The summed E-state index contributed by atoms with van der Waals surface area (Å²) in [5.41, 5.74) is 4.70. The number of benzene rings is 1. The van der Waals surface area contributed by atoms with Gasteiger partial charge in [-0.2, -0.15) is 0 Å². The first-order chi connectivity index (χ1) is 13.5. The van der Waals surface area contributed by atoms with Crippen LogP contribution in [-0.4, -0.2) is 43.6 Å². The summed E-state index contributed by atoms with van der Waals surface area (Å²) >= 11 is 0. The van der Waals surface area contributed by atoms with Gasteiger partial charge in [-0.15, -0.1) is 0 Å². The van der Waals surface area contributed by atoms with Crippen molar-refractivity contribution in [2.75, 3.05) is 42.5 Å². The molecule has 0 unspecified atom stereocenters. The number of rotatable bonds is 6. The molecule has 5 heteroatoms. The fraction of sp³-hybridized carbons (Fsp3) is 0.478. The van der Waals surface area contributed by atoms with Crippen LogP contribution >= 0.6 is 0 Å². The smallest absolute Gasteiger partial charge is 0.251 e. The van der Waals surface area contributed by atoms with Crippen LogP contribution in [0.3, 0.4) is 0 Å². The molecule has 0 bridgehead atoms. The van der Waals surface area contributed by atoms with Gasteiger partial charge in [-0.25, -0.2) is 4.98 Å². The molecule has 0 spiro atoms. The Kier molecular flexibility index (Phi) is 6.55. The number of piperazine rings is 1. The van der Waals surface area contributed by atoms with Gasteiger partial charge in [-0.1, -0.05) is 26.0 Å². The molecule has 0 atom stereocenters. The van der Waals surface area contributed by atoms with Crippen molar-refractivity contribution in [3.8, 4) is 0 Å². The zero-order valence-corrected chi connectivity index (χ0v) is 17.5. The Morgan fingerprint density at radius 3 is 2.54 bits per heavy atom. The van der Waals surface area contributed by atoms with Crippen LogP contribution in [0.15, 0.2) is 36.5 Å². The Bertz CT molecular complexity index is 810. The number of carbonyl (C=O) groups excluding carboxylic acids is 1. The minimum absolute atomic E-state index is 0.0154. The van der Waals surface area contributed by atoms with Crippen LogP contribution in [0.25, 0.3) is 0 Å². The maximum atomic E-state index is 12.4. The minimum atomic E-state index is -0.0154. The molecular formula is C23H32N4O.